The van der Waals surface area contributed by atoms with Gasteiger partial charge in [-0.2, -0.15) is 13.2 Å². The number of carbonyl (C=O) groups is 3. The summed E-state index contributed by atoms with van der Waals surface area (Å²) in [4.78, 5) is 39.6. The third kappa shape index (κ3) is 6.93. The van der Waals surface area contributed by atoms with Gasteiger partial charge in [-0.15, -0.1) is 0 Å². The maximum Gasteiger partial charge on any atom is 0.418 e. The number of ether oxygens (including phenoxy) is 1. The number of halogens is 3. The molecule has 12 heteroatoms. The van der Waals surface area contributed by atoms with Crippen molar-refractivity contribution in [3.8, 4) is 0 Å². The molecule has 9 nitrogen and oxygen atoms in total. The zero-order valence-electron chi connectivity index (χ0n) is 17.7. The standard InChI is InChI=1S/C19H26F3N5O4/c1-18(2,3)31-17(30)27-11-9-26(10-12-27)16(29)25(4)24-15(28)23-14-8-6-5-7-13(14)19(20,21)22/h5-8H,9-12H2,1-4H3,(H2,23,24,28). The number of nitrogens with one attached hydrogen (secondary N) is 2. The highest BCUT2D eigenvalue weighted by Gasteiger charge is 2.34. The summed E-state index contributed by atoms with van der Waals surface area (Å²) < 4.78 is 44.4. The number of hydrogen-bond donors (Lipinski definition) is 2. The van der Waals surface area contributed by atoms with Crippen LogP contribution in [0.1, 0.15) is 26.3 Å². The highest BCUT2D eigenvalue weighted by Crippen LogP contribution is 2.34. The van der Waals surface area contributed by atoms with Crippen LogP contribution < -0.4 is 10.7 Å². The van der Waals surface area contributed by atoms with Crippen molar-refractivity contribution in [2.24, 2.45) is 0 Å². The van der Waals surface area contributed by atoms with E-state index in [1.807, 2.05) is 0 Å². The van der Waals surface area contributed by atoms with Crippen LogP contribution in [-0.2, 0) is 10.9 Å². The van der Waals surface area contributed by atoms with Gasteiger partial charge in [-0.25, -0.2) is 24.8 Å². The van der Waals surface area contributed by atoms with Crippen LogP contribution in [0.25, 0.3) is 0 Å². The third-order valence-electron chi connectivity index (χ3n) is 4.24. The zero-order chi connectivity index (χ0) is 23.4. The number of amides is 5. The molecule has 2 rings (SSSR count). The molecule has 2 N–H and O–H groups in total. The summed E-state index contributed by atoms with van der Waals surface area (Å²) >= 11 is 0. The van der Waals surface area contributed by atoms with Crippen LogP contribution in [-0.4, -0.2) is 71.8 Å². The Kier molecular flexibility index (Phi) is 7.24. The molecular formula is C19H26F3N5O4. The minimum absolute atomic E-state index is 0.211. The van der Waals surface area contributed by atoms with Crippen LogP contribution in [0.4, 0.5) is 33.2 Å². The van der Waals surface area contributed by atoms with Crippen LogP contribution in [0.2, 0.25) is 0 Å². The Labute approximate surface area is 178 Å². The summed E-state index contributed by atoms with van der Waals surface area (Å²) in [5, 5.41) is 2.97. The lowest BCUT2D eigenvalue weighted by atomic mass is 10.1. The van der Waals surface area contributed by atoms with Gasteiger partial charge in [0.25, 0.3) is 0 Å². The molecule has 0 saturated carbocycles. The van der Waals surface area contributed by atoms with Gasteiger partial charge in [0.1, 0.15) is 5.60 Å². The fraction of sp³-hybridized carbons (Fsp3) is 0.526. The van der Waals surface area contributed by atoms with Crippen LogP contribution in [0.15, 0.2) is 24.3 Å². The number of carbonyl (C=O) groups excluding carboxylic acids is 3. The summed E-state index contributed by atoms with van der Waals surface area (Å²) in [6, 6.07) is 2.94. The van der Waals surface area contributed by atoms with E-state index in [1.54, 1.807) is 20.8 Å². The molecule has 31 heavy (non-hydrogen) atoms. The summed E-state index contributed by atoms with van der Waals surface area (Å²) in [5.74, 6) is 0. The fourth-order valence-electron chi connectivity index (χ4n) is 2.81. The van der Waals surface area contributed by atoms with Crippen molar-refractivity contribution >= 4 is 23.8 Å². The monoisotopic (exact) mass is 445 g/mol. The van der Waals surface area contributed by atoms with Crippen molar-refractivity contribution in [2.45, 2.75) is 32.5 Å². The van der Waals surface area contributed by atoms with Crippen molar-refractivity contribution in [1.82, 2.24) is 20.2 Å². The molecule has 1 aromatic rings. The second kappa shape index (κ2) is 9.31. The topological polar surface area (TPSA) is 94.2 Å². The average molecular weight is 445 g/mol. The number of para-hydroxylation sites is 1. The molecule has 1 saturated heterocycles. The van der Waals surface area contributed by atoms with E-state index in [4.69, 9.17) is 4.74 Å². The van der Waals surface area contributed by atoms with Crippen LogP contribution in [0, 0.1) is 0 Å². The molecular weight excluding hydrogens is 419 g/mol. The minimum atomic E-state index is -4.64. The van der Waals surface area contributed by atoms with Gasteiger partial charge < -0.3 is 19.9 Å². The molecule has 0 aromatic heterocycles. The van der Waals surface area contributed by atoms with E-state index in [9.17, 15) is 27.6 Å². The Balaban J connectivity index is 1.88. The first-order chi connectivity index (χ1) is 14.3. The van der Waals surface area contributed by atoms with E-state index in [0.717, 1.165) is 17.1 Å². The van der Waals surface area contributed by atoms with E-state index in [0.29, 0.717) is 0 Å². The Morgan fingerprint density at radius 3 is 2.10 bits per heavy atom. The van der Waals surface area contributed by atoms with E-state index >= 15 is 0 Å². The van der Waals surface area contributed by atoms with Gasteiger partial charge in [0, 0.05) is 33.2 Å². The lowest BCUT2D eigenvalue weighted by molar-refractivity contribution is -0.136. The largest absolute Gasteiger partial charge is 0.444 e. The molecule has 0 bridgehead atoms. The van der Waals surface area contributed by atoms with Gasteiger partial charge >= 0.3 is 24.3 Å². The van der Waals surface area contributed by atoms with Crippen molar-refractivity contribution in [3.05, 3.63) is 29.8 Å². The molecule has 0 atom stereocenters. The molecule has 0 aliphatic carbocycles. The highest BCUT2D eigenvalue weighted by atomic mass is 19.4. The smallest absolute Gasteiger partial charge is 0.418 e. The lowest BCUT2D eigenvalue weighted by Gasteiger charge is -2.37. The molecule has 1 fully saturated rings. The number of rotatable bonds is 1. The lowest BCUT2D eigenvalue weighted by Crippen LogP contribution is -2.57. The number of piperazine rings is 1. The highest BCUT2D eigenvalue weighted by molar-refractivity contribution is 5.91. The van der Waals surface area contributed by atoms with E-state index in [1.165, 1.54) is 29.0 Å². The molecule has 0 spiro atoms. The van der Waals surface area contributed by atoms with Gasteiger partial charge in [0.15, 0.2) is 0 Å². The van der Waals surface area contributed by atoms with Gasteiger partial charge in [-0.1, -0.05) is 12.1 Å². The number of alkyl halides is 3. The Morgan fingerprint density at radius 2 is 1.55 bits per heavy atom. The van der Waals surface area contributed by atoms with Crippen LogP contribution in [0.5, 0.6) is 0 Å². The molecule has 1 heterocycles. The van der Waals surface area contributed by atoms with E-state index in [-0.39, 0.29) is 26.2 Å². The fourth-order valence-corrected chi connectivity index (χ4v) is 2.81. The first kappa shape index (κ1) is 24.1. The number of hydrazine groups is 1. The van der Waals surface area contributed by atoms with Gasteiger partial charge in [-0.05, 0) is 32.9 Å². The van der Waals surface area contributed by atoms with Crippen molar-refractivity contribution < 1.29 is 32.3 Å². The normalized spacial score (nSPS) is 14.7. The van der Waals surface area contributed by atoms with E-state index < -0.39 is 41.2 Å². The Hall–Kier alpha value is -3.18. The maximum atomic E-state index is 13.0. The molecule has 0 radical (unpaired) electrons. The number of nitrogens with zero attached hydrogens (tertiary/aromatic N) is 3. The maximum absolute atomic E-state index is 13.0. The van der Waals surface area contributed by atoms with Crippen molar-refractivity contribution in [3.63, 3.8) is 0 Å². The van der Waals surface area contributed by atoms with E-state index in [2.05, 4.69) is 10.7 Å². The van der Waals surface area contributed by atoms with Gasteiger partial charge in [-0.3, -0.25) is 0 Å². The number of anilines is 1. The quantitative estimate of drug-likeness (QED) is 0.649. The summed E-state index contributed by atoms with van der Waals surface area (Å²) in [5.41, 5.74) is 0.122. The number of urea groups is 2. The number of hydrogen-bond acceptors (Lipinski definition) is 4. The molecule has 5 amide bonds. The van der Waals surface area contributed by atoms with Gasteiger partial charge in [0.2, 0.25) is 0 Å². The van der Waals surface area contributed by atoms with Crippen molar-refractivity contribution in [1.29, 1.82) is 0 Å². The third-order valence-corrected chi connectivity index (χ3v) is 4.24. The summed E-state index contributed by atoms with van der Waals surface area (Å²) in [6.45, 7) is 6.18. The number of benzene rings is 1. The minimum Gasteiger partial charge on any atom is -0.444 e. The first-order valence-corrected chi connectivity index (χ1v) is 9.52. The predicted molar refractivity (Wildman–Crippen MR) is 106 cm³/mol. The van der Waals surface area contributed by atoms with Gasteiger partial charge in [0.05, 0.1) is 11.3 Å². The second-order valence-electron chi connectivity index (χ2n) is 7.91. The molecule has 1 aromatic carbocycles. The van der Waals surface area contributed by atoms with Crippen LogP contribution in [0.3, 0.4) is 0 Å². The first-order valence-electron chi connectivity index (χ1n) is 9.52. The predicted octanol–water partition coefficient (Wildman–Crippen LogP) is 3.35. The Morgan fingerprint density at radius 1 is 1.00 bits per heavy atom. The molecule has 1 aliphatic heterocycles. The van der Waals surface area contributed by atoms with Crippen molar-refractivity contribution in [2.75, 3.05) is 38.5 Å². The molecule has 1 aliphatic rings. The SMILES string of the molecule is CN(NC(=O)Nc1ccccc1C(F)(F)F)C(=O)N1CCN(C(=O)OC(C)(C)C)CC1. The zero-order valence-corrected chi connectivity index (χ0v) is 17.7. The summed E-state index contributed by atoms with van der Waals surface area (Å²) in [7, 11) is 1.28. The average Bonchev–Trinajstić information content (AvgIpc) is 2.65. The molecule has 0 unspecified atom stereocenters. The summed E-state index contributed by atoms with van der Waals surface area (Å²) in [6.07, 6.45) is -5.12. The Bertz CT molecular complexity index is 817. The molecule has 172 valence electrons. The van der Waals surface area contributed by atoms with Crippen LogP contribution >= 0.6 is 0 Å². The second-order valence-corrected chi connectivity index (χ2v) is 7.91.